The van der Waals surface area contributed by atoms with Gasteiger partial charge in [-0.1, -0.05) is 24.3 Å². The average molecular weight is 287 g/mol. The number of hydrogen-bond donors (Lipinski definition) is 1. The van der Waals surface area contributed by atoms with Crippen LogP contribution in [0.2, 0.25) is 0 Å². The zero-order valence-corrected chi connectivity index (χ0v) is 13.1. The highest BCUT2D eigenvalue weighted by Gasteiger charge is 2.27. The van der Waals surface area contributed by atoms with Gasteiger partial charge in [0.2, 0.25) is 5.91 Å². The molecule has 0 radical (unpaired) electrons. The van der Waals surface area contributed by atoms with Crippen molar-refractivity contribution < 1.29 is 4.79 Å². The summed E-state index contributed by atoms with van der Waals surface area (Å²) in [5.74, 6) is -0.417. The molecule has 1 aromatic carbocycles. The molecule has 1 aliphatic rings. The monoisotopic (exact) mass is 287 g/mol. The molecule has 0 aliphatic carbocycles. The molecule has 2 N–H and O–H groups in total. The Kier molecular flexibility index (Phi) is 5.15. The second kappa shape index (κ2) is 6.87. The molecule has 4 heteroatoms. The van der Waals surface area contributed by atoms with Gasteiger partial charge in [0.1, 0.15) is 0 Å². The molecule has 1 amide bonds. The van der Waals surface area contributed by atoms with Crippen LogP contribution in [-0.2, 0) is 11.3 Å². The summed E-state index contributed by atoms with van der Waals surface area (Å²) in [7, 11) is 2.18. The lowest BCUT2D eigenvalue weighted by molar-refractivity contribution is -0.113. The number of piperazine rings is 1. The lowest BCUT2D eigenvalue weighted by Gasteiger charge is -2.43. The van der Waals surface area contributed by atoms with Crippen molar-refractivity contribution in [2.45, 2.75) is 32.5 Å². The number of likely N-dealkylation sites (N-methyl/N-ethyl adjacent to an activating group) is 1. The first-order valence-corrected chi connectivity index (χ1v) is 7.46. The van der Waals surface area contributed by atoms with E-state index in [1.807, 2.05) is 12.1 Å². The predicted molar refractivity (Wildman–Crippen MR) is 86.6 cm³/mol. The molecule has 0 spiro atoms. The van der Waals surface area contributed by atoms with Gasteiger partial charge in [-0.15, -0.1) is 0 Å². The van der Waals surface area contributed by atoms with E-state index in [2.05, 4.69) is 42.8 Å². The molecule has 114 valence electrons. The molecule has 1 heterocycles. The first-order chi connectivity index (χ1) is 9.95. The van der Waals surface area contributed by atoms with Crippen LogP contribution in [-0.4, -0.2) is 47.9 Å². The molecule has 4 nitrogen and oxygen atoms in total. The topological polar surface area (TPSA) is 49.6 Å². The molecule has 0 saturated carbocycles. The van der Waals surface area contributed by atoms with Gasteiger partial charge in [-0.2, -0.15) is 0 Å². The molecule has 0 aromatic heterocycles. The van der Waals surface area contributed by atoms with Crippen LogP contribution in [0.3, 0.4) is 0 Å². The van der Waals surface area contributed by atoms with Gasteiger partial charge in [0, 0.05) is 37.8 Å². The van der Waals surface area contributed by atoms with E-state index in [4.69, 9.17) is 5.73 Å². The molecule has 21 heavy (non-hydrogen) atoms. The normalized spacial score (nSPS) is 24.5. The van der Waals surface area contributed by atoms with Crippen molar-refractivity contribution in [3.8, 4) is 0 Å². The minimum Gasteiger partial charge on any atom is -0.366 e. The zero-order chi connectivity index (χ0) is 15.4. The van der Waals surface area contributed by atoms with Crippen LogP contribution in [0.15, 0.2) is 30.3 Å². The van der Waals surface area contributed by atoms with Gasteiger partial charge in [-0.05, 0) is 38.1 Å². The maximum atomic E-state index is 10.7. The molecule has 2 unspecified atom stereocenters. The Morgan fingerprint density at radius 3 is 2.33 bits per heavy atom. The number of nitrogens with zero attached hydrogens (tertiary/aromatic N) is 2. The van der Waals surface area contributed by atoms with E-state index in [0.29, 0.717) is 12.1 Å². The molecule has 1 saturated heterocycles. The third kappa shape index (κ3) is 4.41. The molecule has 1 fully saturated rings. The number of amides is 1. The number of benzene rings is 1. The highest BCUT2D eigenvalue weighted by Crippen LogP contribution is 2.18. The second-order valence-electron chi connectivity index (χ2n) is 6.07. The Bertz CT molecular complexity index is 497. The van der Waals surface area contributed by atoms with Crippen LogP contribution in [0.1, 0.15) is 25.0 Å². The summed E-state index contributed by atoms with van der Waals surface area (Å²) in [6.07, 6.45) is 3.13. The number of carbonyl (C=O) groups excluding carboxylic acids is 1. The smallest absolute Gasteiger partial charge is 0.241 e. The minimum absolute atomic E-state index is 0.417. The van der Waals surface area contributed by atoms with E-state index in [9.17, 15) is 4.79 Å². The standard InChI is InChI=1S/C17H25N3O/c1-13-10-19(3)11-14(2)20(13)12-16-6-4-15(5-7-16)8-9-17(18)21/h4-9,13-14H,10-12H2,1-3H3,(H2,18,21)/b9-8+. The van der Waals surface area contributed by atoms with Crippen molar-refractivity contribution in [1.82, 2.24) is 9.80 Å². The molecule has 0 bridgehead atoms. The van der Waals surface area contributed by atoms with Crippen LogP contribution in [0.4, 0.5) is 0 Å². The number of hydrogen-bond acceptors (Lipinski definition) is 3. The van der Waals surface area contributed by atoms with E-state index in [1.54, 1.807) is 6.08 Å². The lowest BCUT2D eigenvalue weighted by atomic mass is 10.1. The van der Waals surface area contributed by atoms with Crippen LogP contribution >= 0.6 is 0 Å². The molecule has 2 rings (SSSR count). The summed E-state index contributed by atoms with van der Waals surface area (Å²) in [4.78, 5) is 15.7. The summed E-state index contributed by atoms with van der Waals surface area (Å²) in [6, 6.07) is 9.43. The Labute approximate surface area is 127 Å². The number of primary amides is 1. The van der Waals surface area contributed by atoms with Gasteiger partial charge in [-0.25, -0.2) is 0 Å². The first-order valence-electron chi connectivity index (χ1n) is 7.46. The van der Waals surface area contributed by atoms with Crippen molar-refractivity contribution in [3.63, 3.8) is 0 Å². The fourth-order valence-electron chi connectivity index (χ4n) is 3.06. The maximum Gasteiger partial charge on any atom is 0.241 e. The van der Waals surface area contributed by atoms with E-state index in [0.717, 1.165) is 25.2 Å². The quantitative estimate of drug-likeness (QED) is 0.858. The fourth-order valence-corrected chi connectivity index (χ4v) is 3.06. The number of rotatable bonds is 4. The maximum absolute atomic E-state index is 10.7. The van der Waals surface area contributed by atoms with Gasteiger partial charge in [-0.3, -0.25) is 9.69 Å². The van der Waals surface area contributed by atoms with E-state index < -0.39 is 5.91 Å². The Hall–Kier alpha value is -1.65. The summed E-state index contributed by atoms with van der Waals surface area (Å²) in [5, 5.41) is 0. The summed E-state index contributed by atoms with van der Waals surface area (Å²) >= 11 is 0. The van der Waals surface area contributed by atoms with Crippen molar-refractivity contribution in [1.29, 1.82) is 0 Å². The third-order valence-corrected chi connectivity index (χ3v) is 4.07. The highest BCUT2D eigenvalue weighted by molar-refractivity contribution is 5.90. The van der Waals surface area contributed by atoms with Gasteiger partial charge in [0.15, 0.2) is 0 Å². The van der Waals surface area contributed by atoms with E-state index >= 15 is 0 Å². The summed E-state index contributed by atoms with van der Waals surface area (Å²) in [5.41, 5.74) is 7.40. The fraction of sp³-hybridized carbons (Fsp3) is 0.471. The largest absolute Gasteiger partial charge is 0.366 e. The van der Waals surface area contributed by atoms with Crippen molar-refractivity contribution in [3.05, 3.63) is 41.5 Å². The van der Waals surface area contributed by atoms with Crippen LogP contribution in [0.25, 0.3) is 6.08 Å². The SMILES string of the molecule is CC1CN(C)CC(C)N1Cc1ccc(/C=C/C(N)=O)cc1. The second-order valence-corrected chi connectivity index (χ2v) is 6.07. The Morgan fingerprint density at radius 2 is 1.81 bits per heavy atom. The predicted octanol–water partition coefficient (Wildman–Crippen LogP) is 1.71. The third-order valence-electron chi connectivity index (χ3n) is 4.07. The summed E-state index contributed by atoms with van der Waals surface area (Å²) < 4.78 is 0. The zero-order valence-electron chi connectivity index (χ0n) is 13.1. The van der Waals surface area contributed by atoms with E-state index in [-0.39, 0.29) is 0 Å². The number of nitrogens with two attached hydrogens (primary N) is 1. The van der Waals surface area contributed by atoms with E-state index in [1.165, 1.54) is 11.6 Å². The van der Waals surface area contributed by atoms with Gasteiger partial charge in [0.25, 0.3) is 0 Å². The summed E-state index contributed by atoms with van der Waals surface area (Å²) in [6.45, 7) is 7.77. The molecule has 1 aromatic rings. The lowest BCUT2D eigenvalue weighted by Crippen LogP contribution is -2.54. The average Bonchev–Trinajstić information content (AvgIpc) is 2.41. The Morgan fingerprint density at radius 1 is 1.24 bits per heavy atom. The van der Waals surface area contributed by atoms with Crippen LogP contribution in [0.5, 0.6) is 0 Å². The molecular weight excluding hydrogens is 262 g/mol. The molecule has 1 aliphatic heterocycles. The van der Waals surface area contributed by atoms with Gasteiger partial charge >= 0.3 is 0 Å². The molecular formula is C17H25N3O. The minimum atomic E-state index is -0.417. The number of carbonyl (C=O) groups is 1. The van der Waals surface area contributed by atoms with Crippen LogP contribution < -0.4 is 5.73 Å². The highest BCUT2D eigenvalue weighted by atomic mass is 16.1. The van der Waals surface area contributed by atoms with Gasteiger partial charge < -0.3 is 10.6 Å². The van der Waals surface area contributed by atoms with Crippen LogP contribution in [0, 0.1) is 0 Å². The first kappa shape index (κ1) is 15.7. The Balaban J connectivity index is 2.01. The molecule has 2 atom stereocenters. The van der Waals surface area contributed by atoms with Crippen molar-refractivity contribution >= 4 is 12.0 Å². The van der Waals surface area contributed by atoms with Crippen molar-refractivity contribution in [2.75, 3.05) is 20.1 Å². The van der Waals surface area contributed by atoms with Crippen molar-refractivity contribution in [2.24, 2.45) is 5.73 Å². The van der Waals surface area contributed by atoms with Gasteiger partial charge in [0.05, 0.1) is 0 Å².